The number of hydrogen-bond donors (Lipinski definition) is 2. The zero-order valence-electron chi connectivity index (χ0n) is 8.82. The highest BCUT2D eigenvalue weighted by molar-refractivity contribution is 5.87. The van der Waals surface area contributed by atoms with Crippen LogP contribution in [0.4, 0.5) is 5.69 Å². The monoisotopic (exact) mass is 219 g/mol. The summed E-state index contributed by atoms with van der Waals surface area (Å²) in [5.41, 5.74) is 2.47. The van der Waals surface area contributed by atoms with Crippen molar-refractivity contribution in [3.05, 3.63) is 28.7 Å². The summed E-state index contributed by atoms with van der Waals surface area (Å²) in [5.74, 6) is -0.391. The maximum absolute atomic E-state index is 11.2. The predicted molar refractivity (Wildman–Crippen MR) is 61.9 cm³/mol. The molecule has 0 aliphatic carbocycles. The molecule has 2 aromatic rings. The maximum atomic E-state index is 11.2. The molecule has 0 amide bonds. The summed E-state index contributed by atoms with van der Waals surface area (Å²) in [6.45, 7) is 3.84. The summed E-state index contributed by atoms with van der Waals surface area (Å²) in [5, 5.41) is 3.30. The summed E-state index contributed by atoms with van der Waals surface area (Å²) in [7, 11) is 0. The maximum Gasteiger partial charge on any atom is 0.417 e. The third-order valence-electron chi connectivity index (χ3n) is 2.89. The number of piperazine rings is 1. The van der Waals surface area contributed by atoms with Gasteiger partial charge in [0.2, 0.25) is 0 Å². The molecule has 2 heterocycles. The normalized spacial score (nSPS) is 16.9. The van der Waals surface area contributed by atoms with Gasteiger partial charge in [0, 0.05) is 26.2 Å². The van der Waals surface area contributed by atoms with Crippen molar-refractivity contribution in [3.8, 4) is 0 Å². The van der Waals surface area contributed by atoms with E-state index in [0.29, 0.717) is 5.58 Å². The van der Waals surface area contributed by atoms with Crippen molar-refractivity contribution in [1.29, 1.82) is 0 Å². The van der Waals surface area contributed by atoms with Gasteiger partial charge >= 0.3 is 5.76 Å². The number of oxazole rings is 1. The van der Waals surface area contributed by atoms with Gasteiger partial charge in [-0.1, -0.05) is 6.07 Å². The van der Waals surface area contributed by atoms with Crippen LogP contribution < -0.4 is 16.0 Å². The van der Waals surface area contributed by atoms with Crippen LogP contribution in [-0.4, -0.2) is 31.2 Å². The van der Waals surface area contributed by atoms with Crippen LogP contribution in [0.5, 0.6) is 0 Å². The highest BCUT2D eigenvalue weighted by Gasteiger charge is 2.14. The molecule has 0 saturated carbocycles. The molecule has 16 heavy (non-hydrogen) atoms. The number of benzene rings is 1. The first-order chi connectivity index (χ1) is 7.84. The van der Waals surface area contributed by atoms with Crippen LogP contribution in [0, 0.1) is 0 Å². The van der Waals surface area contributed by atoms with Gasteiger partial charge in [-0.3, -0.25) is 4.98 Å². The second-order valence-corrected chi connectivity index (χ2v) is 3.90. The highest BCUT2D eigenvalue weighted by atomic mass is 16.4. The first kappa shape index (κ1) is 9.47. The van der Waals surface area contributed by atoms with E-state index in [1.807, 2.05) is 12.1 Å². The SMILES string of the molecule is O=c1[nH]c2c(N3CCNCC3)cccc2o1. The highest BCUT2D eigenvalue weighted by Crippen LogP contribution is 2.24. The van der Waals surface area contributed by atoms with Gasteiger partial charge in [0.05, 0.1) is 5.69 Å². The molecule has 1 aromatic carbocycles. The summed E-state index contributed by atoms with van der Waals surface area (Å²) < 4.78 is 5.05. The van der Waals surface area contributed by atoms with E-state index < -0.39 is 5.76 Å². The van der Waals surface area contributed by atoms with Gasteiger partial charge in [-0.05, 0) is 12.1 Å². The van der Waals surface area contributed by atoms with E-state index in [2.05, 4.69) is 15.2 Å². The topological polar surface area (TPSA) is 61.3 Å². The van der Waals surface area contributed by atoms with Gasteiger partial charge in [-0.25, -0.2) is 4.79 Å². The zero-order valence-corrected chi connectivity index (χ0v) is 8.82. The quantitative estimate of drug-likeness (QED) is 0.734. The Morgan fingerprint density at radius 3 is 2.88 bits per heavy atom. The summed E-state index contributed by atoms with van der Waals surface area (Å²) in [4.78, 5) is 16.2. The second-order valence-electron chi connectivity index (χ2n) is 3.90. The van der Waals surface area contributed by atoms with E-state index in [1.165, 1.54) is 0 Å². The van der Waals surface area contributed by atoms with Crippen LogP contribution in [0.2, 0.25) is 0 Å². The molecule has 84 valence electrons. The Morgan fingerprint density at radius 2 is 2.06 bits per heavy atom. The number of hydrogen-bond acceptors (Lipinski definition) is 4. The van der Waals surface area contributed by atoms with Gasteiger partial charge in [-0.2, -0.15) is 0 Å². The van der Waals surface area contributed by atoms with Crippen LogP contribution in [0.1, 0.15) is 0 Å². The Kier molecular flexibility index (Phi) is 2.18. The predicted octanol–water partition coefficient (Wildman–Crippen LogP) is 0.531. The molecule has 5 nitrogen and oxygen atoms in total. The van der Waals surface area contributed by atoms with E-state index in [4.69, 9.17) is 4.42 Å². The fourth-order valence-corrected chi connectivity index (χ4v) is 2.13. The average Bonchev–Trinajstić information content (AvgIpc) is 2.70. The van der Waals surface area contributed by atoms with Crippen molar-refractivity contribution in [3.63, 3.8) is 0 Å². The van der Waals surface area contributed by atoms with E-state index in [1.54, 1.807) is 6.07 Å². The number of H-pyrrole nitrogens is 1. The number of anilines is 1. The van der Waals surface area contributed by atoms with Crippen molar-refractivity contribution in [2.45, 2.75) is 0 Å². The van der Waals surface area contributed by atoms with Gasteiger partial charge < -0.3 is 14.6 Å². The number of fused-ring (bicyclic) bond motifs is 1. The van der Waals surface area contributed by atoms with Crippen molar-refractivity contribution in [2.24, 2.45) is 0 Å². The molecule has 0 unspecified atom stereocenters. The molecule has 0 bridgehead atoms. The van der Waals surface area contributed by atoms with Crippen LogP contribution in [0.15, 0.2) is 27.4 Å². The molecule has 1 fully saturated rings. The molecule has 1 saturated heterocycles. The Labute approximate surface area is 92.1 Å². The first-order valence-corrected chi connectivity index (χ1v) is 5.42. The average molecular weight is 219 g/mol. The molecule has 0 radical (unpaired) electrons. The molecule has 0 atom stereocenters. The van der Waals surface area contributed by atoms with Crippen LogP contribution >= 0.6 is 0 Å². The summed E-state index contributed by atoms with van der Waals surface area (Å²) in [6, 6.07) is 5.73. The number of aromatic nitrogens is 1. The minimum absolute atomic E-state index is 0.391. The van der Waals surface area contributed by atoms with Gasteiger partial charge in [-0.15, -0.1) is 0 Å². The molecule has 1 aliphatic rings. The smallest absolute Gasteiger partial charge is 0.408 e. The molecule has 3 rings (SSSR count). The number of aromatic amines is 1. The lowest BCUT2D eigenvalue weighted by molar-refractivity contribution is 0.555. The first-order valence-electron chi connectivity index (χ1n) is 5.42. The largest absolute Gasteiger partial charge is 0.417 e. The summed E-state index contributed by atoms with van der Waals surface area (Å²) in [6.07, 6.45) is 0. The van der Waals surface area contributed by atoms with E-state index in [-0.39, 0.29) is 0 Å². The van der Waals surface area contributed by atoms with Crippen LogP contribution in [0.25, 0.3) is 11.1 Å². The molecule has 5 heteroatoms. The third-order valence-corrected chi connectivity index (χ3v) is 2.89. The number of para-hydroxylation sites is 1. The molecular weight excluding hydrogens is 206 g/mol. The minimum atomic E-state index is -0.391. The molecule has 2 N–H and O–H groups in total. The standard InChI is InChI=1S/C11H13N3O2/c15-11-13-10-8(2-1-3-9(10)16-11)14-6-4-12-5-7-14/h1-3,12H,4-7H2,(H,13,15). The number of nitrogens with one attached hydrogen (secondary N) is 2. The van der Waals surface area contributed by atoms with Gasteiger partial charge in [0.15, 0.2) is 5.58 Å². The van der Waals surface area contributed by atoms with E-state index >= 15 is 0 Å². The van der Waals surface area contributed by atoms with Crippen molar-refractivity contribution in [1.82, 2.24) is 10.3 Å². The van der Waals surface area contributed by atoms with Gasteiger partial charge in [0.1, 0.15) is 5.52 Å². The molecule has 1 aliphatic heterocycles. The molecule has 0 spiro atoms. The minimum Gasteiger partial charge on any atom is -0.408 e. The Bertz CT molecular complexity index is 552. The Hall–Kier alpha value is -1.75. The van der Waals surface area contributed by atoms with Crippen LogP contribution in [0.3, 0.4) is 0 Å². The van der Waals surface area contributed by atoms with Crippen molar-refractivity contribution in [2.75, 3.05) is 31.1 Å². The second kappa shape index (κ2) is 3.68. The van der Waals surface area contributed by atoms with E-state index in [0.717, 1.165) is 37.4 Å². The Balaban J connectivity index is 2.11. The lowest BCUT2D eigenvalue weighted by Gasteiger charge is -2.29. The van der Waals surface area contributed by atoms with Crippen molar-refractivity contribution >= 4 is 16.8 Å². The van der Waals surface area contributed by atoms with Crippen LogP contribution in [-0.2, 0) is 0 Å². The summed E-state index contributed by atoms with van der Waals surface area (Å²) >= 11 is 0. The van der Waals surface area contributed by atoms with E-state index in [9.17, 15) is 4.79 Å². The number of nitrogens with zero attached hydrogens (tertiary/aromatic N) is 1. The van der Waals surface area contributed by atoms with Gasteiger partial charge in [0.25, 0.3) is 0 Å². The lowest BCUT2D eigenvalue weighted by atomic mass is 10.2. The molecular formula is C11H13N3O2. The Morgan fingerprint density at radius 1 is 1.25 bits per heavy atom. The molecule has 1 aromatic heterocycles. The number of rotatable bonds is 1. The third kappa shape index (κ3) is 1.49. The zero-order chi connectivity index (χ0) is 11.0. The van der Waals surface area contributed by atoms with Crippen molar-refractivity contribution < 1.29 is 4.42 Å². The lowest BCUT2D eigenvalue weighted by Crippen LogP contribution is -2.43. The fourth-order valence-electron chi connectivity index (χ4n) is 2.13. The fraction of sp³-hybridized carbons (Fsp3) is 0.364.